The van der Waals surface area contributed by atoms with Gasteiger partial charge in [-0.3, -0.25) is 4.79 Å². The van der Waals surface area contributed by atoms with Crippen LogP contribution in [0.1, 0.15) is 17.0 Å². The molecule has 2 aromatic heterocycles. The van der Waals surface area contributed by atoms with Gasteiger partial charge in [0.15, 0.2) is 0 Å². The largest absolute Gasteiger partial charge is 0.335 e. The first kappa shape index (κ1) is 22.3. The van der Waals surface area contributed by atoms with Crippen molar-refractivity contribution in [2.45, 2.75) is 12.3 Å². The van der Waals surface area contributed by atoms with Gasteiger partial charge in [0, 0.05) is 15.7 Å². The third-order valence-corrected chi connectivity index (χ3v) is 6.36. The van der Waals surface area contributed by atoms with Crippen LogP contribution < -0.4 is 15.5 Å². The molecule has 0 bridgehead atoms. The molecule has 1 amide bonds. The van der Waals surface area contributed by atoms with E-state index < -0.39 is 5.92 Å². The third kappa shape index (κ3) is 4.19. The summed E-state index contributed by atoms with van der Waals surface area (Å²) in [6, 6.07) is 21.9. The predicted molar refractivity (Wildman–Crippen MR) is 137 cm³/mol. The van der Waals surface area contributed by atoms with Crippen LogP contribution in [0.3, 0.4) is 0 Å². The molecule has 1 atom stereocenters. The number of benzene rings is 3. The maximum absolute atomic E-state index is 13.1. The second-order valence-corrected chi connectivity index (χ2v) is 8.97. The summed E-state index contributed by atoms with van der Waals surface area (Å²) in [7, 11) is 0. The number of nitrogens with zero attached hydrogens (tertiary/aromatic N) is 5. The van der Waals surface area contributed by atoms with Gasteiger partial charge >= 0.3 is 0 Å². The lowest BCUT2D eigenvalue weighted by Gasteiger charge is -2.26. The lowest BCUT2D eigenvalue weighted by Crippen LogP contribution is -2.30. The number of nitrogens with one attached hydrogen (secondary N) is 2. The zero-order valence-electron chi connectivity index (χ0n) is 18.5. The number of carbonyl (C=O) groups excluding carboxylic acids is 1. The third-order valence-electron chi connectivity index (χ3n) is 5.80. The molecule has 6 rings (SSSR count). The number of carbonyl (C=O) groups is 1. The van der Waals surface area contributed by atoms with Crippen LogP contribution >= 0.6 is 23.2 Å². The van der Waals surface area contributed by atoms with Crippen molar-refractivity contribution in [2.75, 3.05) is 10.6 Å². The van der Waals surface area contributed by atoms with Gasteiger partial charge in [-0.05, 0) is 53.6 Å². The van der Waals surface area contributed by atoms with Crippen LogP contribution in [0.5, 0.6) is 5.88 Å². The van der Waals surface area contributed by atoms with Crippen molar-refractivity contribution in [3.8, 4) is 5.88 Å². The van der Waals surface area contributed by atoms with E-state index in [4.69, 9.17) is 28.0 Å². The molecule has 0 saturated heterocycles. The molecule has 5 aromatic rings. The van der Waals surface area contributed by atoms with E-state index in [-0.39, 0.29) is 24.2 Å². The molecule has 3 heterocycles. The van der Waals surface area contributed by atoms with Crippen LogP contribution in [0.25, 0.3) is 11.0 Å². The summed E-state index contributed by atoms with van der Waals surface area (Å²) in [5, 5.41) is 15.2. The molecular weight excluding hydrogens is 501 g/mol. The molecule has 1 aliphatic rings. The number of amides is 1. The monoisotopic (exact) mass is 517 g/mol. The van der Waals surface area contributed by atoms with Crippen LogP contribution in [0.15, 0.2) is 72.8 Å². The molecule has 0 spiro atoms. The Balaban J connectivity index is 1.43. The fourth-order valence-corrected chi connectivity index (χ4v) is 4.61. The maximum Gasteiger partial charge on any atom is 0.258 e. The highest BCUT2D eigenvalue weighted by Crippen LogP contribution is 2.39. The Hall–Kier alpha value is -4.21. The van der Waals surface area contributed by atoms with E-state index in [1.54, 1.807) is 18.2 Å². The highest BCUT2D eigenvalue weighted by atomic mass is 35.5. The summed E-state index contributed by atoms with van der Waals surface area (Å²) in [5.74, 6) is -0.0112. The molecule has 0 fully saturated rings. The Morgan fingerprint density at radius 1 is 1.00 bits per heavy atom. The number of hydrogen-bond donors (Lipinski definition) is 2. The van der Waals surface area contributed by atoms with Crippen LogP contribution in [0, 0.1) is 0 Å². The Morgan fingerprint density at radius 3 is 2.64 bits per heavy atom. The second kappa shape index (κ2) is 9.10. The normalized spacial score (nSPS) is 14.8. The molecule has 2 N–H and O–H groups in total. The Kier molecular flexibility index (Phi) is 5.63. The van der Waals surface area contributed by atoms with Gasteiger partial charge in [0.25, 0.3) is 5.88 Å². The highest BCUT2D eigenvalue weighted by Gasteiger charge is 2.34. The number of aromatic nitrogens is 5. The van der Waals surface area contributed by atoms with Gasteiger partial charge in [0.05, 0.1) is 11.5 Å². The fraction of sp³-hybridized carbons (Fsp3) is 0.0800. The van der Waals surface area contributed by atoms with Crippen LogP contribution in [-0.4, -0.2) is 31.0 Å². The molecule has 11 heteroatoms. The van der Waals surface area contributed by atoms with Gasteiger partial charge in [0.1, 0.15) is 16.9 Å². The summed E-state index contributed by atoms with van der Waals surface area (Å²) >= 11 is 12.5. The lowest BCUT2D eigenvalue weighted by molar-refractivity contribution is -0.117. The lowest BCUT2D eigenvalue weighted by atomic mass is 9.89. The van der Waals surface area contributed by atoms with E-state index in [9.17, 15) is 4.79 Å². The first-order valence-corrected chi connectivity index (χ1v) is 11.8. The Labute approximate surface area is 215 Å². The van der Waals surface area contributed by atoms with E-state index in [1.807, 2.05) is 54.6 Å². The Morgan fingerprint density at radius 2 is 1.81 bits per heavy atom. The first-order valence-electron chi connectivity index (χ1n) is 11.0. The molecule has 1 unspecified atom stereocenters. The van der Waals surface area contributed by atoms with Gasteiger partial charge in [-0.1, -0.05) is 64.4 Å². The standard InChI is InChI=1S/C25H17Cl2N7O2/c26-14-10-11-16(19(27)12-14)17-13-18-22(29-23(17)35)30-25(28-15-6-2-1-3-7-15)31-24(18)36-34-21-9-5-4-8-20(21)32-33-34/h1-12,17H,13H2,(H2,28,29,30,31,35). The van der Waals surface area contributed by atoms with E-state index in [0.717, 1.165) is 5.69 Å². The van der Waals surface area contributed by atoms with Gasteiger partial charge < -0.3 is 15.5 Å². The van der Waals surface area contributed by atoms with Gasteiger partial charge in [-0.2, -0.15) is 9.97 Å². The summed E-state index contributed by atoms with van der Waals surface area (Å²) in [5.41, 5.74) is 3.36. The van der Waals surface area contributed by atoms with Crippen LogP contribution in [-0.2, 0) is 11.2 Å². The van der Waals surface area contributed by atoms with Crippen molar-refractivity contribution in [3.05, 3.63) is 94.0 Å². The summed E-state index contributed by atoms with van der Waals surface area (Å²) in [6.07, 6.45) is 0.260. The zero-order chi connectivity index (χ0) is 24.6. The quantitative estimate of drug-likeness (QED) is 0.321. The van der Waals surface area contributed by atoms with Crippen molar-refractivity contribution in [1.82, 2.24) is 25.1 Å². The molecule has 3 aromatic carbocycles. The number of rotatable bonds is 5. The second-order valence-electron chi connectivity index (χ2n) is 8.12. The number of para-hydroxylation sites is 2. The van der Waals surface area contributed by atoms with Gasteiger partial charge in [-0.15, -0.1) is 5.10 Å². The zero-order valence-corrected chi connectivity index (χ0v) is 20.0. The molecule has 178 valence electrons. The predicted octanol–water partition coefficient (Wildman–Crippen LogP) is 5.39. The van der Waals surface area contributed by atoms with Gasteiger partial charge in [0.2, 0.25) is 11.9 Å². The SMILES string of the molecule is O=C1Nc2nc(Nc3ccccc3)nc(On3nnc4ccccc43)c2CC1c1ccc(Cl)cc1Cl. The van der Waals surface area contributed by atoms with E-state index in [0.29, 0.717) is 38.0 Å². The minimum atomic E-state index is -0.589. The van der Waals surface area contributed by atoms with E-state index in [2.05, 4.69) is 30.9 Å². The van der Waals surface area contributed by atoms with Gasteiger partial charge in [-0.25, -0.2) is 0 Å². The molecule has 36 heavy (non-hydrogen) atoms. The molecule has 1 aliphatic heterocycles. The van der Waals surface area contributed by atoms with Crippen molar-refractivity contribution in [1.29, 1.82) is 0 Å². The van der Waals surface area contributed by atoms with Crippen LogP contribution in [0.4, 0.5) is 17.5 Å². The minimum absolute atomic E-state index is 0.226. The summed E-state index contributed by atoms with van der Waals surface area (Å²) in [4.78, 5) is 29.7. The molecular formula is C25H17Cl2N7O2. The minimum Gasteiger partial charge on any atom is -0.335 e. The number of halogens is 2. The van der Waals surface area contributed by atoms with Crippen molar-refractivity contribution < 1.29 is 9.63 Å². The molecule has 0 aliphatic carbocycles. The Bertz CT molecular complexity index is 1610. The number of anilines is 3. The summed E-state index contributed by atoms with van der Waals surface area (Å²) < 4.78 is 0. The molecule has 0 saturated carbocycles. The van der Waals surface area contributed by atoms with Crippen LogP contribution in [0.2, 0.25) is 10.0 Å². The van der Waals surface area contributed by atoms with Crippen molar-refractivity contribution in [3.63, 3.8) is 0 Å². The maximum atomic E-state index is 13.1. The average molecular weight is 518 g/mol. The van der Waals surface area contributed by atoms with Crippen molar-refractivity contribution >= 4 is 57.6 Å². The smallest absolute Gasteiger partial charge is 0.258 e. The fourth-order valence-electron chi connectivity index (χ4n) is 4.07. The number of hydrogen-bond acceptors (Lipinski definition) is 7. The van der Waals surface area contributed by atoms with E-state index >= 15 is 0 Å². The summed E-state index contributed by atoms with van der Waals surface area (Å²) in [6.45, 7) is 0. The topological polar surface area (TPSA) is 107 Å². The average Bonchev–Trinajstić information content (AvgIpc) is 3.27. The molecule has 0 radical (unpaired) electrons. The molecule has 9 nitrogen and oxygen atoms in total. The number of fused-ring (bicyclic) bond motifs is 2. The van der Waals surface area contributed by atoms with Crippen molar-refractivity contribution in [2.24, 2.45) is 0 Å². The van der Waals surface area contributed by atoms with E-state index in [1.165, 1.54) is 4.85 Å². The highest BCUT2D eigenvalue weighted by molar-refractivity contribution is 6.35. The first-order chi connectivity index (χ1) is 17.5.